The van der Waals surface area contributed by atoms with Gasteiger partial charge in [0, 0.05) is 13.1 Å². The predicted octanol–water partition coefficient (Wildman–Crippen LogP) is -0.0426. The molecule has 0 aliphatic carbocycles. The summed E-state index contributed by atoms with van der Waals surface area (Å²) >= 11 is 0. The molecule has 1 aliphatic rings. The van der Waals surface area contributed by atoms with Crippen molar-refractivity contribution in [3.63, 3.8) is 0 Å². The highest BCUT2D eigenvalue weighted by Gasteiger charge is 2.40. The Morgan fingerprint density at radius 3 is 2.57 bits per heavy atom. The number of hydrogen-bond acceptors (Lipinski definition) is 4. The first-order valence-electron chi connectivity index (χ1n) is 7.04. The quantitative estimate of drug-likeness (QED) is 0.402. The number of likely N-dealkylation sites (tertiary alicyclic amines) is 1. The molecule has 0 saturated carbocycles. The number of primary amides is 1. The van der Waals surface area contributed by atoms with E-state index < -0.39 is 5.41 Å². The lowest BCUT2D eigenvalue weighted by Crippen LogP contribution is -2.41. The molecule has 1 aromatic rings. The van der Waals surface area contributed by atoms with Crippen LogP contribution in [0.3, 0.4) is 0 Å². The van der Waals surface area contributed by atoms with Crippen LogP contribution in [-0.4, -0.2) is 36.3 Å². The SMILES string of the molecule is CC1(C(N)=O)CCN(CC(C(=O)NN)c2ccccc2)C1. The van der Waals surface area contributed by atoms with Gasteiger partial charge in [-0.2, -0.15) is 0 Å². The lowest BCUT2D eigenvalue weighted by atomic mass is 9.89. The highest BCUT2D eigenvalue weighted by molar-refractivity contribution is 5.83. The molecule has 0 radical (unpaired) electrons. The minimum absolute atomic E-state index is 0.228. The summed E-state index contributed by atoms with van der Waals surface area (Å²) in [5, 5.41) is 0. The molecule has 6 nitrogen and oxygen atoms in total. The predicted molar refractivity (Wildman–Crippen MR) is 79.9 cm³/mol. The monoisotopic (exact) mass is 290 g/mol. The summed E-state index contributed by atoms with van der Waals surface area (Å²) in [6.45, 7) is 3.72. The van der Waals surface area contributed by atoms with E-state index in [-0.39, 0.29) is 17.7 Å². The molecule has 1 aromatic carbocycles. The Balaban J connectivity index is 2.11. The molecule has 2 amide bonds. The van der Waals surface area contributed by atoms with Crippen molar-refractivity contribution in [3.8, 4) is 0 Å². The number of carbonyl (C=O) groups is 2. The molecule has 2 rings (SSSR count). The first-order chi connectivity index (χ1) is 9.96. The standard InChI is InChI=1S/C15H22N4O2/c1-15(14(16)21)7-8-19(10-15)9-12(13(20)18-17)11-5-3-2-4-6-11/h2-6,12H,7-10,17H2,1H3,(H2,16,21)(H,18,20). The molecule has 5 N–H and O–H groups in total. The van der Waals surface area contributed by atoms with Crippen molar-refractivity contribution in [2.24, 2.45) is 17.0 Å². The molecule has 6 heteroatoms. The highest BCUT2D eigenvalue weighted by atomic mass is 16.2. The zero-order valence-corrected chi connectivity index (χ0v) is 12.2. The summed E-state index contributed by atoms with van der Waals surface area (Å²) in [6, 6.07) is 9.50. The Morgan fingerprint density at radius 1 is 1.38 bits per heavy atom. The first kappa shape index (κ1) is 15.5. The van der Waals surface area contributed by atoms with Crippen LogP contribution in [-0.2, 0) is 9.59 Å². The number of hydrazine groups is 1. The second-order valence-corrected chi connectivity index (χ2v) is 5.88. The number of nitrogens with one attached hydrogen (secondary N) is 1. The van der Waals surface area contributed by atoms with Gasteiger partial charge in [0.05, 0.1) is 11.3 Å². The van der Waals surface area contributed by atoms with Gasteiger partial charge in [-0.3, -0.25) is 15.0 Å². The number of carbonyl (C=O) groups excluding carboxylic acids is 2. The van der Waals surface area contributed by atoms with Gasteiger partial charge in [-0.1, -0.05) is 30.3 Å². The van der Waals surface area contributed by atoms with Crippen molar-refractivity contribution >= 4 is 11.8 Å². The van der Waals surface area contributed by atoms with E-state index in [9.17, 15) is 9.59 Å². The number of benzene rings is 1. The topological polar surface area (TPSA) is 101 Å². The van der Waals surface area contributed by atoms with Crippen LogP contribution >= 0.6 is 0 Å². The minimum Gasteiger partial charge on any atom is -0.369 e. The van der Waals surface area contributed by atoms with Gasteiger partial charge in [0.1, 0.15) is 0 Å². The van der Waals surface area contributed by atoms with Gasteiger partial charge in [0.15, 0.2) is 0 Å². The van der Waals surface area contributed by atoms with Gasteiger partial charge in [-0.15, -0.1) is 0 Å². The van der Waals surface area contributed by atoms with Crippen LogP contribution in [0.15, 0.2) is 30.3 Å². The maximum Gasteiger partial charge on any atom is 0.242 e. The lowest BCUT2D eigenvalue weighted by molar-refractivity contribution is -0.126. The molecule has 1 fully saturated rings. The molecular weight excluding hydrogens is 268 g/mol. The van der Waals surface area contributed by atoms with Crippen molar-refractivity contribution in [2.45, 2.75) is 19.3 Å². The van der Waals surface area contributed by atoms with Crippen molar-refractivity contribution in [1.82, 2.24) is 10.3 Å². The summed E-state index contributed by atoms with van der Waals surface area (Å²) in [5.74, 6) is 4.42. The van der Waals surface area contributed by atoms with Crippen molar-refractivity contribution in [3.05, 3.63) is 35.9 Å². The largest absolute Gasteiger partial charge is 0.369 e. The summed E-state index contributed by atoms with van der Waals surface area (Å²) in [5.41, 5.74) is 8.08. The van der Waals surface area contributed by atoms with E-state index in [4.69, 9.17) is 11.6 Å². The van der Waals surface area contributed by atoms with Crippen molar-refractivity contribution in [1.29, 1.82) is 0 Å². The fourth-order valence-electron chi connectivity index (χ4n) is 2.80. The molecular formula is C15H22N4O2. The molecule has 21 heavy (non-hydrogen) atoms. The van der Waals surface area contributed by atoms with E-state index in [2.05, 4.69) is 10.3 Å². The molecule has 1 heterocycles. The molecule has 1 aliphatic heterocycles. The van der Waals surface area contributed by atoms with Gasteiger partial charge < -0.3 is 10.6 Å². The van der Waals surface area contributed by atoms with Crippen LogP contribution in [0.5, 0.6) is 0 Å². The van der Waals surface area contributed by atoms with Crippen LogP contribution in [0, 0.1) is 5.41 Å². The first-order valence-corrected chi connectivity index (χ1v) is 7.04. The molecule has 0 spiro atoms. The highest BCUT2D eigenvalue weighted by Crippen LogP contribution is 2.31. The third kappa shape index (κ3) is 3.40. The lowest BCUT2D eigenvalue weighted by Gasteiger charge is -2.25. The maximum atomic E-state index is 12.0. The second kappa shape index (κ2) is 6.24. The smallest absolute Gasteiger partial charge is 0.242 e. The molecule has 2 atom stereocenters. The zero-order valence-electron chi connectivity index (χ0n) is 12.2. The summed E-state index contributed by atoms with van der Waals surface area (Å²) < 4.78 is 0. The van der Waals surface area contributed by atoms with Gasteiger partial charge in [-0.05, 0) is 25.5 Å². The number of nitrogens with two attached hydrogens (primary N) is 2. The fourth-order valence-corrected chi connectivity index (χ4v) is 2.80. The summed E-state index contributed by atoms with van der Waals surface area (Å²) in [4.78, 5) is 25.6. The molecule has 1 saturated heterocycles. The van der Waals surface area contributed by atoms with Gasteiger partial charge in [0.25, 0.3) is 0 Å². The van der Waals surface area contributed by atoms with E-state index in [1.54, 1.807) is 0 Å². The Kier molecular flexibility index (Phi) is 4.59. The summed E-state index contributed by atoms with van der Waals surface area (Å²) in [7, 11) is 0. The molecule has 2 unspecified atom stereocenters. The maximum absolute atomic E-state index is 12.0. The Morgan fingerprint density at radius 2 is 2.05 bits per heavy atom. The number of rotatable bonds is 5. The number of amides is 2. The van der Waals surface area contributed by atoms with Gasteiger partial charge in [-0.25, -0.2) is 5.84 Å². The van der Waals surface area contributed by atoms with E-state index in [1.165, 1.54) is 0 Å². The average Bonchev–Trinajstić information content (AvgIpc) is 2.88. The van der Waals surface area contributed by atoms with Crippen LogP contribution in [0.2, 0.25) is 0 Å². The number of hydrogen-bond donors (Lipinski definition) is 3. The third-order valence-corrected chi connectivity index (χ3v) is 4.25. The minimum atomic E-state index is -0.513. The zero-order chi connectivity index (χ0) is 15.5. The van der Waals surface area contributed by atoms with E-state index >= 15 is 0 Å². The second-order valence-electron chi connectivity index (χ2n) is 5.88. The Hall–Kier alpha value is -1.92. The van der Waals surface area contributed by atoms with Crippen LogP contribution < -0.4 is 17.0 Å². The fraction of sp³-hybridized carbons (Fsp3) is 0.467. The molecule has 114 valence electrons. The van der Waals surface area contributed by atoms with Crippen LogP contribution in [0.1, 0.15) is 24.8 Å². The molecule has 0 aromatic heterocycles. The van der Waals surface area contributed by atoms with Gasteiger partial charge in [0.2, 0.25) is 11.8 Å². The van der Waals surface area contributed by atoms with E-state index in [1.807, 2.05) is 37.3 Å². The van der Waals surface area contributed by atoms with Crippen LogP contribution in [0.4, 0.5) is 0 Å². The van der Waals surface area contributed by atoms with Crippen molar-refractivity contribution in [2.75, 3.05) is 19.6 Å². The third-order valence-electron chi connectivity index (χ3n) is 4.25. The summed E-state index contributed by atoms with van der Waals surface area (Å²) in [6.07, 6.45) is 0.716. The van der Waals surface area contributed by atoms with Crippen molar-refractivity contribution < 1.29 is 9.59 Å². The molecule has 0 bridgehead atoms. The van der Waals surface area contributed by atoms with Crippen LogP contribution in [0.25, 0.3) is 0 Å². The normalized spacial score (nSPS) is 23.7. The number of nitrogens with zero attached hydrogens (tertiary/aromatic N) is 1. The van der Waals surface area contributed by atoms with E-state index in [0.29, 0.717) is 19.5 Å². The van der Waals surface area contributed by atoms with E-state index in [0.717, 1.165) is 12.1 Å². The Bertz CT molecular complexity index is 520. The average molecular weight is 290 g/mol. The Labute approximate surface area is 124 Å². The van der Waals surface area contributed by atoms with Gasteiger partial charge >= 0.3 is 0 Å².